The molecule has 0 atom stereocenters. The molecule has 0 spiro atoms. The minimum Gasteiger partial charge on any atom is -0.455 e. The number of para-hydroxylation sites is 1. The molecule has 4 nitrogen and oxygen atoms in total. The predicted molar refractivity (Wildman–Crippen MR) is 71.4 cm³/mol. The minimum absolute atomic E-state index is 0.0614. The molecule has 0 unspecified atom stereocenters. The number of benzene rings is 2. The minimum atomic E-state index is -3.51. The Bertz CT molecular complexity index is 672. The first-order valence-electron chi connectivity index (χ1n) is 5.44. The summed E-state index contributed by atoms with van der Waals surface area (Å²) in [6, 6.07) is 12.5. The lowest BCUT2D eigenvalue weighted by Gasteiger charge is -2.12. The Labute approximate surface area is 110 Å². The quantitative estimate of drug-likeness (QED) is 0.937. The van der Waals surface area contributed by atoms with Gasteiger partial charge in [-0.2, -0.15) is 0 Å². The zero-order chi connectivity index (χ0) is 13.9. The van der Waals surface area contributed by atoms with Crippen LogP contribution in [-0.2, 0) is 10.0 Å². The first-order chi connectivity index (χ1) is 8.94. The normalized spacial score (nSPS) is 11.1. The van der Waals surface area contributed by atoms with E-state index in [2.05, 4.69) is 4.72 Å². The fraction of sp³-hybridized carbons (Fsp3) is 0.0769. The summed E-state index contributed by atoms with van der Waals surface area (Å²) in [5.74, 6) is 0.218. The van der Waals surface area contributed by atoms with Crippen molar-refractivity contribution < 1.29 is 17.5 Å². The van der Waals surface area contributed by atoms with E-state index >= 15 is 0 Å². The number of anilines is 1. The summed E-state index contributed by atoms with van der Waals surface area (Å²) in [7, 11) is -3.51. The summed E-state index contributed by atoms with van der Waals surface area (Å²) in [4.78, 5) is 0. The van der Waals surface area contributed by atoms with Crippen molar-refractivity contribution >= 4 is 15.7 Å². The second-order valence-electron chi connectivity index (χ2n) is 3.93. The van der Waals surface area contributed by atoms with Crippen LogP contribution in [0.1, 0.15) is 0 Å². The first-order valence-corrected chi connectivity index (χ1v) is 7.33. The Morgan fingerprint density at radius 1 is 1.11 bits per heavy atom. The Morgan fingerprint density at radius 2 is 1.79 bits per heavy atom. The van der Waals surface area contributed by atoms with Crippen molar-refractivity contribution in [2.45, 2.75) is 0 Å². The van der Waals surface area contributed by atoms with Crippen molar-refractivity contribution in [3.8, 4) is 11.5 Å². The molecular weight excluding hydrogens is 269 g/mol. The number of halogens is 1. The Kier molecular flexibility index (Phi) is 3.71. The number of hydrogen-bond donors (Lipinski definition) is 1. The molecular formula is C13H12FNO3S. The molecule has 0 amide bonds. The molecule has 0 bridgehead atoms. The lowest BCUT2D eigenvalue weighted by Crippen LogP contribution is -2.10. The van der Waals surface area contributed by atoms with Gasteiger partial charge in [0.05, 0.1) is 11.9 Å². The fourth-order valence-electron chi connectivity index (χ4n) is 1.49. The van der Waals surface area contributed by atoms with Gasteiger partial charge in [0.2, 0.25) is 10.0 Å². The smallest absolute Gasteiger partial charge is 0.229 e. The van der Waals surface area contributed by atoms with Crippen LogP contribution in [0.2, 0.25) is 0 Å². The molecule has 0 heterocycles. The highest BCUT2D eigenvalue weighted by Gasteiger charge is 2.10. The molecule has 0 radical (unpaired) electrons. The molecule has 2 aromatic rings. The number of hydrogen-bond acceptors (Lipinski definition) is 3. The van der Waals surface area contributed by atoms with Gasteiger partial charge in [-0.25, -0.2) is 12.8 Å². The van der Waals surface area contributed by atoms with E-state index in [9.17, 15) is 12.8 Å². The van der Waals surface area contributed by atoms with Crippen molar-refractivity contribution in [3.05, 3.63) is 54.3 Å². The van der Waals surface area contributed by atoms with E-state index in [1.165, 1.54) is 12.1 Å². The largest absolute Gasteiger partial charge is 0.455 e. The highest BCUT2D eigenvalue weighted by molar-refractivity contribution is 7.92. The summed E-state index contributed by atoms with van der Waals surface area (Å²) in [5, 5.41) is 0. The molecule has 0 aliphatic rings. The molecule has 2 rings (SSSR count). The molecule has 19 heavy (non-hydrogen) atoms. The maximum absolute atomic E-state index is 13.2. The molecule has 0 aromatic heterocycles. The van der Waals surface area contributed by atoms with Crippen LogP contribution in [0.3, 0.4) is 0 Å². The van der Waals surface area contributed by atoms with Crippen molar-refractivity contribution in [1.82, 2.24) is 0 Å². The topological polar surface area (TPSA) is 55.4 Å². The van der Waals surface area contributed by atoms with Crippen molar-refractivity contribution in [2.24, 2.45) is 0 Å². The van der Waals surface area contributed by atoms with Gasteiger partial charge in [0, 0.05) is 6.07 Å². The van der Waals surface area contributed by atoms with E-state index in [1.807, 2.05) is 6.07 Å². The molecule has 2 aromatic carbocycles. The molecule has 0 aliphatic heterocycles. The Balaban J connectivity index is 2.34. The van der Waals surface area contributed by atoms with E-state index in [0.29, 0.717) is 5.75 Å². The third-order valence-electron chi connectivity index (χ3n) is 2.21. The SMILES string of the molecule is CS(=O)(=O)Nc1cc(F)ccc1Oc1ccccc1. The van der Waals surface area contributed by atoms with Crippen molar-refractivity contribution in [2.75, 3.05) is 11.0 Å². The number of ether oxygens (including phenoxy) is 1. The Hall–Kier alpha value is -2.08. The van der Waals surface area contributed by atoms with Crippen LogP contribution in [0, 0.1) is 5.82 Å². The first kappa shape index (κ1) is 13.4. The highest BCUT2D eigenvalue weighted by atomic mass is 32.2. The standard InChI is InChI=1S/C13H12FNO3S/c1-19(16,17)15-12-9-10(14)7-8-13(12)18-11-5-3-2-4-6-11/h2-9,15H,1H3. The lowest BCUT2D eigenvalue weighted by atomic mass is 10.3. The lowest BCUT2D eigenvalue weighted by molar-refractivity contribution is 0.483. The van der Waals surface area contributed by atoms with Gasteiger partial charge in [-0.1, -0.05) is 18.2 Å². The third kappa shape index (κ3) is 3.96. The second kappa shape index (κ2) is 5.27. The van der Waals surface area contributed by atoms with Crippen LogP contribution < -0.4 is 9.46 Å². The average molecular weight is 281 g/mol. The summed E-state index contributed by atoms with van der Waals surface area (Å²) in [5.41, 5.74) is 0.0614. The van der Waals surface area contributed by atoms with Crippen LogP contribution >= 0.6 is 0 Å². The second-order valence-corrected chi connectivity index (χ2v) is 5.68. The van der Waals surface area contributed by atoms with Crippen LogP contribution in [0.5, 0.6) is 11.5 Å². The van der Waals surface area contributed by atoms with Crippen LogP contribution in [0.4, 0.5) is 10.1 Å². The highest BCUT2D eigenvalue weighted by Crippen LogP contribution is 2.30. The van der Waals surface area contributed by atoms with Gasteiger partial charge in [-0.3, -0.25) is 4.72 Å². The van der Waals surface area contributed by atoms with Gasteiger partial charge in [-0.15, -0.1) is 0 Å². The number of sulfonamides is 1. The van der Waals surface area contributed by atoms with E-state index in [0.717, 1.165) is 12.3 Å². The van der Waals surface area contributed by atoms with E-state index < -0.39 is 15.8 Å². The summed E-state index contributed by atoms with van der Waals surface area (Å²) in [6.07, 6.45) is 0.990. The fourth-order valence-corrected chi connectivity index (χ4v) is 2.05. The van der Waals surface area contributed by atoms with Gasteiger partial charge < -0.3 is 4.74 Å². The number of nitrogens with one attached hydrogen (secondary N) is 1. The van der Waals surface area contributed by atoms with Crippen molar-refractivity contribution in [3.63, 3.8) is 0 Å². The van der Waals surface area contributed by atoms with Gasteiger partial charge >= 0.3 is 0 Å². The maximum Gasteiger partial charge on any atom is 0.229 e. The van der Waals surface area contributed by atoms with Gasteiger partial charge in [0.25, 0.3) is 0 Å². The summed E-state index contributed by atoms with van der Waals surface area (Å²) >= 11 is 0. The van der Waals surface area contributed by atoms with Crippen LogP contribution in [-0.4, -0.2) is 14.7 Å². The van der Waals surface area contributed by atoms with E-state index in [4.69, 9.17) is 4.74 Å². The van der Waals surface area contributed by atoms with Crippen molar-refractivity contribution in [1.29, 1.82) is 0 Å². The summed E-state index contributed by atoms with van der Waals surface area (Å²) in [6.45, 7) is 0. The molecule has 0 aliphatic carbocycles. The molecule has 0 saturated heterocycles. The predicted octanol–water partition coefficient (Wildman–Crippen LogP) is 2.99. The monoisotopic (exact) mass is 281 g/mol. The zero-order valence-corrected chi connectivity index (χ0v) is 10.9. The third-order valence-corrected chi connectivity index (χ3v) is 2.80. The average Bonchev–Trinajstić information content (AvgIpc) is 2.32. The van der Waals surface area contributed by atoms with Gasteiger partial charge in [-0.05, 0) is 24.3 Å². The van der Waals surface area contributed by atoms with E-state index in [1.54, 1.807) is 24.3 Å². The molecule has 0 saturated carbocycles. The van der Waals surface area contributed by atoms with Gasteiger partial charge in [0.15, 0.2) is 5.75 Å². The van der Waals surface area contributed by atoms with E-state index in [-0.39, 0.29) is 11.4 Å². The summed E-state index contributed by atoms with van der Waals surface area (Å²) < 4.78 is 43.4. The van der Waals surface area contributed by atoms with Crippen LogP contribution in [0.25, 0.3) is 0 Å². The molecule has 0 fully saturated rings. The van der Waals surface area contributed by atoms with Crippen LogP contribution in [0.15, 0.2) is 48.5 Å². The zero-order valence-electron chi connectivity index (χ0n) is 10.1. The Morgan fingerprint density at radius 3 is 2.42 bits per heavy atom. The maximum atomic E-state index is 13.2. The molecule has 1 N–H and O–H groups in total. The number of rotatable bonds is 4. The van der Waals surface area contributed by atoms with Gasteiger partial charge in [0.1, 0.15) is 11.6 Å². The molecule has 6 heteroatoms. The molecule has 100 valence electrons.